The predicted molar refractivity (Wildman–Crippen MR) is 76.2 cm³/mol. The Hall–Kier alpha value is -1.62. The van der Waals surface area contributed by atoms with Gasteiger partial charge in [-0.25, -0.2) is 4.39 Å². The summed E-state index contributed by atoms with van der Waals surface area (Å²) in [5, 5.41) is 0.0494. The van der Waals surface area contributed by atoms with Gasteiger partial charge >= 0.3 is 0 Å². The first-order valence-corrected chi connectivity index (χ1v) is 7.46. The van der Waals surface area contributed by atoms with Gasteiger partial charge in [-0.05, 0) is 30.5 Å². The summed E-state index contributed by atoms with van der Waals surface area (Å²) in [6, 6.07) is 4.13. The van der Waals surface area contributed by atoms with Gasteiger partial charge in [-0.3, -0.25) is 9.59 Å². The second-order valence-electron chi connectivity index (χ2n) is 5.50. The molecular formula is C15H16ClFN2O2. The Kier molecular flexibility index (Phi) is 3.85. The number of nitrogens with zero attached hydrogens (tertiary/aromatic N) is 2. The van der Waals surface area contributed by atoms with Crippen molar-refractivity contribution in [3.8, 4) is 0 Å². The van der Waals surface area contributed by atoms with E-state index < -0.39 is 5.82 Å². The summed E-state index contributed by atoms with van der Waals surface area (Å²) >= 11 is 5.77. The molecule has 2 amide bonds. The average Bonchev–Trinajstić information content (AvgIpc) is 2.92. The Morgan fingerprint density at radius 2 is 2.10 bits per heavy atom. The molecule has 4 nitrogen and oxygen atoms in total. The first-order valence-electron chi connectivity index (χ1n) is 7.08. The van der Waals surface area contributed by atoms with Crippen molar-refractivity contribution in [2.45, 2.75) is 31.8 Å². The molecule has 112 valence electrons. The van der Waals surface area contributed by atoms with E-state index in [0.717, 1.165) is 18.4 Å². The molecule has 21 heavy (non-hydrogen) atoms. The molecule has 0 saturated carbocycles. The van der Waals surface area contributed by atoms with E-state index in [9.17, 15) is 14.0 Å². The Bertz CT molecular complexity index is 593. The molecule has 1 unspecified atom stereocenters. The molecule has 1 atom stereocenters. The van der Waals surface area contributed by atoms with Crippen LogP contribution in [-0.4, -0.2) is 40.7 Å². The van der Waals surface area contributed by atoms with Crippen molar-refractivity contribution in [2.75, 3.05) is 13.1 Å². The van der Waals surface area contributed by atoms with Crippen molar-refractivity contribution < 1.29 is 14.0 Å². The van der Waals surface area contributed by atoms with E-state index in [1.807, 2.05) is 0 Å². The Morgan fingerprint density at radius 1 is 1.29 bits per heavy atom. The lowest BCUT2D eigenvalue weighted by Gasteiger charge is -2.25. The molecule has 2 heterocycles. The first-order chi connectivity index (χ1) is 10.1. The highest BCUT2D eigenvalue weighted by Crippen LogP contribution is 2.25. The van der Waals surface area contributed by atoms with Crippen molar-refractivity contribution in [1.29, 1.82) is 0 Å². The summed E-state index contributed by atoms with van der Waals surface area (Å²) in [6.07, 6.45) is 1.95. The lowest BCUT2D eigenvalue weighted by molar-refractivity contribution is -0.139. The highest BCUT2D eigenvalue weighted by atomic mass is 35.5. The smallest absolute Gasteiger partial charge is 0.245 e. The molecule has 2 fully saturated rings. The molecule has 6 heteroatoms. The number of amides is 2. The molecule has 1 aromatic carbocycles. The molecule has 3 rings (SSSR count). The van der Waals surface area contributed by atoms with E-state index in [-0.39, 0.29) is 22.9 Å². The minimum Gasteiger partial charge on any atom is -0.336 e. The van der Waals surface area contributed by atoms with Crippen LogP contribution in [-0.2, 0) is 16.1 Å². The zero-order chi connectivity index (χ0) is 15.0. The van der Waals surface area contributed by atoms with Gasteiger partial charge in [0.25, 0.3) is 0 Å². The SMILES string of the molecule is O=C1C2CCCN2C(=O)CCN1Cc1ccc(F)c(Cl)c1. The molecule has 1 aromatic rings. The number of carbonyl (C=O) groups excluding carboxylic acids is 2. The molecule has 0 aliphatic carbocycles. The fourth-order valence-electron chi connectivity index (χ4n) is 3.03. The fourth-order valence-corrected chi connectivity index (χ4v) is 3.24. The summed E-state index contributed by atoms with van der Waals surface area (Å²) in [7, 11) is 0. The predicted octanol–water partition coefficient (Wildman–Crippen LogP) is 2.20. The summed E-state index contributed by atoms with van der Waals surface area (Å²) < 4.78 is 13.2. The van der Waals surface area contributed by atoms with Gasteiger partial charge in [0.15, 0.2) is 0 Å². The van der Waals surface area contributed by atoms with Crippen LogP contribution in [0.1, 0.15) is 24.8 Å². The molecule has 0 radical (unpaired) electrons. The quantitative estimate of drug-likeness (QED) is 0.840. The van der Waals surface area contributed by atoms with Gasteiger partial charge in [0.05, 0.1) is 5.02 Å². The molecular weight excluding hydrogens is 295 g/mol. The summed E-state index contributed by atoms with van der Waals surface area (Å²) in [5.41, 5.74) is 0.772. The molecule has 2 saturated heterocycles. The van der Waals surface area contributed by atoms with Gasteiger partial charge in [-0.15, -0.1) is 0 Å². The van der Waals surface area contributed by atoms with E-state index in [1.165, 1.54) is 12.1 Å². The average molecular weight is 311 g/mol. The van der Waals surface area contributed by atoms with Crippen LogP contribution >= 0.6 is 11.6 Å². The second-order valence-corrected chi connectivity index (χ2v) is 5.91. The zero-order valence-electron chi connectivity index (χ0n) is 11.5. The second kappa shape index (κ2) is 5.64. The number of benzene rings is 1. The summed E-state index contributed by atoms with van der Waals surface area (Å²) in [5.74, 6) is -0.441. The third kappa shape index (κ3) is 2.75. The van der Waals surface area contributed by atoms with Gasteiger partial charge < -0.3 is 9.80 Å². The number of hydrogen-bond acceptors (Lipinski definition) is 2. The normalized spacial score (nSPS) is 22.5. The largest absolute Gasteiger partial charge is 0.336 e. The van der Waals surface area contributed by atoms with E-state index in [4.69, 9.17) is 11.6 Å². The molecule has 2 aliphatic heterocycles. The lowest BCUT2D eigenvalue weighted by atomic mass is 10.1. The number of carbonyl (C=O) groups is 2. The van der Waals surface area contributed by atoms with E-state index in [1.54, 1.807) is 15.9 Å². The highest BCUT2D eigenvalue weighted by molar-refractivity contribution is 6.30. The van der Waals surface area contributed by atoms with E-state index in [2.05, 4.69) is 0 Å². The highest BCUT2D eigenvalue weighted by Gasteiger charge is 2.39. The van der Waals surface area contributed by atoms with Crippen LogP contribution in [0.3, 0.4) is 0 Å². The van der Waals surface area contributed by atoms with Crippen LogP contribution < -0.4 is 0 Å². The van der Waals surface area contributed by atoms with E-state index in [0.29, 0.717) is 26.1 Å². The monoisotopic (exact) mass is 310 g/mol. The number of hydrogen-bond donors (Lipinski definition) is 0. The van der Waals surface area contributed by atoms with Crippen LogP contribution in [0.2, 0.25) is 5.02 Å². The van der Waals surface area contributed by atoms with Crippen molar-refractivity contribution >= 4 is 23.4 Å². The summed E-state index contributed by atoms with van der Waals surface area (Å²) in [4.78, 5) is 27.9. The zero-order valence-corrected chi connectivity index (χ0v) is 12.3. The fraction of sp³-hybridized carbons (Fsp3) is 0.467. The van der Waals surface area contributed by atoms with Crippen molar-refractivity contribution in [3.63, 3.8) is 0 Å². The Balaban J connectivity index is 1.79. The van der Waals surface area contributed by atoms with Crippen LogP contribution in [0.15, 0.2) is 18.2 Å². The van der Waals surface area contributed by atoms with Gasteiger partial charge in [0.1, 0.15) is 11.9 Å². The lowest BCUT2D eigenvalue weighted by Crippen LogP contribution is -2.43. The molecule has 2 aliphatic rings. The van der Waals surface area contributed by atoms with Crippen LogP contribution in [0, 0.1) is 5.82 Å². The van der Waals surface area contributed by atoms with E-state index >= 15 is 0 Å². The number of fused-ring (bicyclic) bond motifs is 1. The topological polar surface area (TPSA) is 40.6 Å². The van der Waals surface area contributed by atoms with Crippen LogP contribution in [0.5, 0.6) is 0 Å². The first kappa shape index (κ1) is 14.3. The van der Waals surface area contributed by atoms with Crippen LogP contribution in [0.4, 0.5) is 4.39 Å². The van der Waals surface area contributed by atoms with Gasteiger partial charge in [-0.2, -0.15) is 0 Å². The Labute approximate surface area is 127 Å². The standard InChI is InChI=1S/C15H16ClFN2O2/c16-11-8-10(3-4-12(11)17)9-18-7-5-14(20)19-6-1-2-13(19)15(18)21/h3-4,8,13H,1-2,5-7,9H2. The third-order valence-electron chi connectivity index (χ3n) is 4.12. The van der Waals surface area contributed by atoms with Gasteiger partial charge in [-0.1, -0.05) is 17.7 Å². The molecule has 0 bridgehead atoms. The van der Waals surface area contributed by atoms with Gasteiger partial charge in [0.2, 0.25) is 11.8 Å². The number of halogens is 2. The minimum absolute atomic E-state index is 0.0150. The maximum absolute atomic E-state index is 13.2. The molecule has 0 aromatic heterocycles. The minimum atomic E-state index is -0.472. The third-order valence-corrected chi connectivity index (χ3v) is 4.41. The number of rotatable bonds is 2. The van der Waals surface area contributed by atoms with Crippen molar-refractivity contribution in [1.82, 2.24) is 9.80 Å². The summed E-state index contributed by atoms with van der Waals surface area (Å²) in [6.45, 7) is 1.43. The maximum atomic E-state index is 13.2. The Morgan fingerprint density at radius 3 is 2.86 bits per heavy atom. The molecule has 0 spiro atoms. The van der Waals surface area contributed by atoms with Crippen molar-refractivity contribution in [3.05, 3.63) is 34.6 Å². The van der Waals surface area contributed by atoms with Gasteiger partial charge in [0, 0.05) is 26.1 Å². The van der Waals surface area contributed by atoms with Crippen LogP contribution in [0.25, 0.3) is 0 Å². The van der Waals surface area contributed by atoms with Crippen molar-refractivity contribution in [2.24, 2.45) is 0 Å². The maximum Gasteiger partial charge on any atom is 0.245 e. The molecule has 0 N–H and O–H groups in total.